The lowest BCUT2D eigenvalue weighted by Crippen LogP contribution is -1.80. The van der Waals surface area contributed by atoms with Crippen molar-refractivity contribution in [1.82, 2.24) is 0 Å². The van der Waals surface area contributed by atoms with Gasteiger partial charge in [0.25, 0.3) is 0 Å². The third kappa shape index (κ3) is 2.26. The van der Waals surface area contributed by atoms with Crippen molar-refractivity contribution in [2.24, 2.45) is 0 Å². The maximum Gasteiger partial charge on any atom is 0.0542 e. The monoisotopic (exact) mass is 324 g/mol. The second kappa shape index (κ2) is 5.68. The number of thiophene rings is 2. The van der Waals surface area contributed by atoms with E-state index in [1.165, 1.54) is 66.4 Å². The molecule has 2 heterocycles. The largest absolute Gasteiger partial charge is 0.134 e. The first-order valence-electron chi connectivity index (χ1n) is 8.16. The van der Waals surface area contributed by atoms with E-state index < -0.39 is 0 Å². The fourth-order valence-corrected chi connectivity index (χ4v) is 6.01. The highest BCUT2D eigenvalue weighted by molar-refractivity contribution is 7.36. The zero-order valence-corrected chi connectivity index (χ0v) is 14.7. The Morgan fingerprint density at radius 2 is 1.14 bits per heavy atom. The molecule has 0 nitrogen and oxygen atoms in total. The molecule has 2 aromatic heterocycles. The number of hydrogen-bond acceptors (Lipinski definition) is 2. The topological polar surface area (TPSA) is 0 Å². The first kappa shape index (κ1) is 14.2. The van der Waals surface area contributed by atoms with Crippen molar-refractivity contribution >= 4 is 52.2 Å². The summed E-state index contributed by atoms with van der Waals surface area (Å²) < 4.78 is 5.86. The van der Waals surface area contributed by atoms with Crippen LogP contribution in [0.4, 0.5) is 0 Å². The SMILES string of the molecule is CCCc1ccc2c(c1)sc1c3ccc(CCC)cc3sc21. The van der Waals surface area contributed by atoms with Crippen LogP contribution in [0.2, 0.25) is 0 Å². The van der Waals surface area contributed by atoms with Crippen molar-refractivity contribution < 1.29 is 0 Å². The zero-order chi connectivity index (χ0) is 15.1. The molecule has 0 aliphatic carbocycles. The molecule has 0 spiro atoms. The van der Waals surface area contributed by atoms with Crippen LogP contribution in [0, 0.1) is 0 Å². The van der Waals surface area contributed by atoms with Crippen molar-refractivity contribution in [1.29, 1.82) is 0 Å². The van der Waals surface area contributed by atoms with Gasteiger partial charge >= 0.3 is 0 Å². The Kier molecular flexibility index (Phi) is 3.67. The summed E-state index contributed by atoms with van der Waals surface area (Å²) >= 11 is 3.93. The Morgan fingerprint density at radius 3 is 1.55 bits per heavy atom. The normalized spacial score (nSPS) is 11.9. The van der Waals surface area contributed by atoms with E-state index in [1.54, 1.807) is 0 Å². The second-order valence-electron chi connectivity index (χ2n) is 6.02. The smallest absolute Gasteiger partial charge is 0.0542 e. The fourth-order valence-electron chi connectivity index (χ4n) is 3.23. The minimum Gasteiger partial charge on any atom is -0.134 e. The first-order chi connectivity index (χ1) is 10.8. The standard InChI is InChI=1S/C20H20S2/c1-3-5-13-7-9-15-17(11-13)21-20-16-10-8-14(6-4-2)12-18(16)22-19(15)20/h7-12H,3-6H2,1-2H3. The van der Waals surface area contributed by atoms with Crippen molar-refractivity contribution in [3.05, 3.63) is 47.5 Å². The molecule has 22 heavy (non-hydrogen) atoms. The number of hydrogen-bond donors (Lipinski definition) is 0. The molecule has 0 unspecified atom stereocenters. The van der Waals surface area contributed by atoms with Gasteiger partial charge in [0, 0.05) is 20.2 Å². The summed E-state index contributed by atoms with van der Waals surface area (Å²) in [6.45, 7) is 4.50. The molecule has 0 atom stereocenters. The Labute approximate surface area is 139 Å². The van der Waals surface area contributed by atoms with E-state index >= 15 is 0 Å². The summed E-state index contributed by atoms with van der Waals surface area (Å²) in [4.78, 5) is 0. The first-order valence-corrected chi connectivity index (χ1v) is 9.80. The highest BCUT2D eigenvalue weighted by Crippen LogP contribution is 2.44. The van der Waals surface area contributed by atoms with Gasteiger partial charge in [0.15, 0.2) is 0 Å². The van der Waals surface area contributed by atoms with E-state index in [0.717, 1.165) is 0 Å². The van der Waals surface area contributed by atoms with Gasteiger partial charge < -0.3 is 0 Å². The second-order valence-corrected chi connectivity index (χ2v) is 8.13. The van der Waals surface area contributed by atoms with Crippen LogP contribution in [0.1, 0.15) is 37.8 Å². The van der Waals surface area contributed by atoms with Crippen LogP contribution < -0.4 is 0 Å². The van der Waals surface area contributed by atoms with Crippen LogP contribution in [0.15, 0.2) is 36.4 Å². The molecule has 0 N–H and O–H groups in total. The highest BCUT2D eigenvalue weighted by atomic mass is 32.1. The van der Waals surface area contributed by atoms with Crippen molar-refractivity contribution in [3.8, 4) is 0 Å². The lowest BCUT2D eigenvalue weighted by molar-refractivity contribution is 0.924. The average Bonchev–Trinajstić information content (AvgIpc) is 3.03. The van der Waals surface area contributed by atoms with E-state index in [0.29, 0.717) is 0 Å². The van der Waals surface area contributed by atoms with Gasteiger partial charge in [0.1, 0.15) is 0 Å². The lowest BCUT2D eigenvalue weighted by atomic mass is 10.1. The third-order valence-electron chi connectivity index (χ3n) is 4.29. The molecule has 2 aromatic carbocycles. The molecular weight excluding hydrogens is 304 g/mol. The number of fused-ring (bicyclic) bond motifs is 5. The van der Waals surface area contributed by atoms with Gasteiger partial charge in [-0.2, -0.15) is 0 Å². The van der Waals surface area contributed by atoms with E-state index in [1.807, 2.05) is 22.7 Å². The average molecular weight is 325 g/mol. The Hall–Kier alpha value is -1.38. The van der Waals surface area contributed by atoms with E-state index in [4.69, 9.17) is 0 Å². The van der Waals surface area contributed by atoms with Crippen LogP contribution >= 0.6 is 22.7 Å². The van der Waals surface area contributed by atoms with Crippen LogP contribution in [-0.4, -0.2) is 0 Å². The molecule has 0 aliphatic rings. The quantitative estimate of drug-likeness (QED) is 0.373. The minimum atomic E-state index is 1.18. The van der Waals surface area contributed by atoms with Gasteiger partial charge in [-0.3, -0.25) is 0 Å². The molecule has 0 radical (unpaired) electrons. The Bertz CT molecular complexity index is 876. The molecule has 4 aromatic rings. The van der Waals surface area contributed by atoms with Crippen LogP contribution in [0.5, 0.6) is 0 Å². The van der Waals surface area contributed by atoms with Gasteiger partial charge in [-0.25, -0.2) is 0 Å². The molecule has 0 aliphatic heterocycles. The van der Waals surface area contributed by atoms with Gasteiger partial charge in [0.05, 0.1) is 9.40 Å². The van der Waals surface area contributed by atoms with Crippen molar-refractivity contribution in [2.75, 3.05) is 0 Å². The molecule has 0 saturated heterocycles. The fraction of sp³-hybridized carbons (Fsp3) is 0.300. The zero-order valence-electron chi connectivity index (χ0n) is 13.1. The summed E-state index contributed by atoms with van der Waals surface area (Å²) in [7, 11) is 0. The predicted octanol–water partition coefficient (Wildman–Crippen LogP) is 7.17. The highest BCUT2D eigenvalue weighted by Gasteiger charge is 2.12. The van der Waals surface area contributed by atoms with Crippen LogP contribution in [-0.2, 0) is 12.8 Å². The number of rotatable bonds is 4. The maximum atomic E-state index is 2.40. The van der Waals surface area contributed by atoms with Gasteiger partial charge in [-0.05, 0) is 36.1 Å². The summed E-state index contributed by atoms with van der Waals surface area (Å²) in [5, 5.41) is 2.89. The molecular formula is C20H20S2. The van der Waals surface area contributed by atoms with Crippen LogP contribution in [0.25, 0.3) is 29.6 Å². The lowest BCUT2D eigenvalue weighted by Gasteiger charge is -1.99. The van der Waals surface area contributed by atoms with E-state index in [-0.39, 0.29) is 0 Å². The molecule has 0 fully saturated rings. The summed E-state index contributed by atoms with van der Waals surface area (Å²) in [6, 6.07) is 14.1. The molecule has 0 saturated carbocycles. The van der Waals surface area contributed by atoms with Gasteiger partial charge in [0.2, 0.25) is 0 Å². The molecule has 2 heteroatoms. The number of aryl methyl sites for hydroxylation is 2. The predicted molar refractivity (Wildman–Crippen MR) is 103 cm³/mol. The summed E-state index contributed by atoms with van der Waals surface area (Å²) in [5.41, 5.74) is 2.94. The maximum absolute atomic E-state index is 2.40. The van der Waals surface area contributed by atoms with Gasteiger partial charge in [-0.1, -0.05) is 51.0 Å². The third-order valence-corrected chi connectivity index (χ3v) is 6.79. The molecule has 4 rings (SSSR count). The van der Waals surface area contributed by atoms with Gasteiger partial charge in [-0.15, -0.1) is 22.7 Å². The summed E-state index contributed by atoms with van der Waals surface area (Å²) in [5.74, 6) is 0. The van der Waals surface area contributed by atoms with Crippen molar-refractivity contribution in [2.45, 2.75) is 39.5 Å². The van der Waals surface area contributed by atoms with E-state index in [2.05, 4.69) is 50.2 Å². The Balaban J connectivity index is 1.93. The van der Waals surface area contributed by atoms with E-state index in [9.17, 15) is 0 Å². The summed E-state index contributed by atoms with van der Waals surface area (Å²) in [6.07, 6.45) is 4.80. The van der Waals surface area contributed by atoms with Crippen LogP contribution in [0.3, 0.4) is 0 Å². The Morgan fingerprint density at radius 1 is 0.682 bits per heavy atom. The number of benzene rings is 2. The molecule has 112 valence electrons. The molecule has 0 amide bonds. The minimum absolute atomic E-state index is 1.18. The molecule has 0 bridgehead atoms. The van der Waals surface area contributed by atoms with Crippen molar-refractivity contribution in [3.63, 3.8) is 0 Å².